The Morgan fingerprint density at radius 3 is 2.57 bits per heavy atom. The Morgan fingerprint density at radius 2 is 1.83 bits per heavy atom. The molecule has 6 heteroatoms. The predicted molar refractivity (Wildman–Crippen MR) is 145 cm³/mol. The molecule has 0 aliphatic carbocycles. The van der Waals surface area contributed by atoms with Crippen molar-refractivity contribution in [2.75, 3.05) is 25.0 Å². The molecule has 0 bridgehead atoms. The molecule has 2 heterocycles. The van der Waals surface area contributed by atoms with Crippen molar-refractivity contribution in [2.24, 2.45) is 4.99 Å². The van der Waals surface area contributed by atoms with Gasteiger partial charge in [-0.15, -0.1) is 0 Å². The molecule has 3 aromatic carbocycles. The molecular weight excluding hydrogens is 456 g/mol. The van der Waals surface area contributed by atoms with Gasteiger partial charge in [-0.25, -0.2) is 0 Å². The van der Waals surface area contributed by atoms with Crippen LogP contribution in [-0.4, -0.2) is 48.9 Å². The monoisotopic (exact) mass is 486 g/mol. The summed E-state index contributed by atoms with van der Waals surface area (Å²) in [6, 6.07) is 21.2. The predicted octanol–water partition coefficient (Wildman–Crippen LogP) is 5.42. The Bertz CT molecular complexity index is 1310. The molecule has 0 radical (unpaired) electrons. The van der Waals surface area contributed by atoms with Crippen molar-refractivity contribution < 1.29 is 4.79 Å². The summed E-state index contributed by atoms with van der Waals surface area (Å²) in [7, 11) is 2.06. The molecule has 5 rings (SSSR count). The fourth-order valence-electron chi connectivity index (χ4n) is 5.18. The molecule has 0 saturated carbocycles. The summed E-state index contributed by atoms with van der Waals surface area (Å²) in [5.41, 5.74) is 4.29. The van der Waals surface area contributed by atoms with Gasteiger partial charge in [0.2, 0.25) is 5.91 Å². The lowest BCUT2D eigenvalue weighted by Gasteiger charge is -2.35. The van der Waals surface area contributed by atoms with Gasteiger partial charge >= 0.3 is 0 Å². The van der Waals surface area contributed by atoms with Crippen molar-refractivity contribution in [3.8, 4) is 0 Å². The zero-order valence-electron chi connectivity index (χ0n) is 20.3. The molecule has 0 aromatic heterocycles. The molecule has 180 valence electrons. The number of amides is 1. The molecule has 3 aromatic rings. The highest BCUT2D eigenvalue weighted by Gasteiger charge is 2.30. The SMILES string of the molecule is C=C1C(Cc2ccc3ccccc3c2)N=C(N2CCC(NC(C)=O)CC2)c2cc(Cl)ccc2N1C. The lowest BCUT2D eigenvalue weighted by atomic mass is 10.00. The minimum absolute atomic E-state index is 0.0285. The second-order valence-corrected chi connectivity index (χ2v) is 9.96. The molecular formula is C29H31ClN4O. The van der Waals surface area contributed by atoms with Crippen molar-refractivity contribution in [3.63, 3.8) is 0 Å². The van der Waals surface area contributed by atoms with Crippen LogP contribution in [0.2, 0.25) is 5.02 Å². The van der Waals surface area contributed by atoms with Crippen LogP contribution in [0.15, 0.2) is 77.9 Å². The molecule has 2 aliphatic heterocycles. The number of fused-ring (bicyclic) bond motifs is 2. The van der Waals surface area contributed by atoms with Crippen LogP contribution in [0.1, 0.15) is 30.9 Å². The Balaban J connectivity index is 1.50. The summed E-state index contributed by atoms with van der Waals surface area (Å²) in [5.74, 6) is 0.987. The number of aliphatic imine (C=N–C) groups is 1. The Labute approximate surface area is 212 Å². The van der Waals surface area contributed by atoms with Crippen molar-refractivity contribution in [1.82, 2.24) is 10.2 Å². The molecule has 1 amide bonds. The molecule has 2 aliphatic rings. The van der Waals surface area contributed by atoms with Gasteiger partial charge in [0.1, 0.15) is 5.84 Å². The topological polar surface area (TPSA) is 47.9 Å². The van der Waals surface area contributed by atoms with Gasteiger partial charge in [0.25, 0.3) is 0 Å². The lowest BCUT2D eigenvalue weighted by Crippen LogP contribution is -2.46. The number of halogens is 1. The summed E-state index contributed by atoms with van der Waals surface area (Å²) < 4.78 is 0. The van der Waals surface area contributed by atoms with Crippen LogP contribution in [0, 0.1) is 0 Å². The molecule has 1 atom stereocenters. The maximum atomic E-state index is 11.5. The standard InChI is InChI=1S/C29H31ClN4O/c1-19-27(17-21-8-9-22-6-4-5-7-23(22)16-21)32-29(26-18-24(30)10-11-28(26)33(19)3)34-14-12-25(13-15-34)31-20(2)35/h4-11,16,18,25,27H,1,12-15,17H2,2-3H3,(H,31,35). The molecule has 1 N–H and O–H groups in total. The number of benzodiazepines with no additional fused rings is 1. The molecule has 1 saturated heterocycles. The highest BCUT2D eigenvalue weighted by atomic mass is 35.5. The zero-order valence-corrected chi connectivity index (χ0v) is 21.1. The Hall–Kier alpha value is -3.31. The first-order valence-electron chi connectivity index (χ1n) is 12.2. The van der Waals surface area contributed by atoms with Crippen LogP contribution < -0.4 is 10.2 Å². The third-order valence-corrected chi connectivity index (χ3v) is 7.33. The first kappa shape index (κ1) is 23.4. The fraction of sp³-hybridized carbons (Fsp3) is 0.310. The van der Waals surface area contributed by atoms with E-state index in [2.05, 4.69) is 77.3 Å². The number of benzene rings is 3. The van der Waals surface area contributed by atoms with E-state index in [9.17, 15) is 4.79 Å². The summed E-state index contributed by atoms with van der Waals surface area (Å²) in [5, 5.41) is 6.23. The number of hydrogen-bond acceptors (Lipinski definition) is 4. The molecule has 1 unspecified atom stereocenters. The van der Waals surface area contributed by atoms with E-state index in [-0.39, 0.29) is 18.0 Å². The van der Waals surface area contributed by atoms with E-state index < -0.39 is 0 Å². The molecule has 35 heavy (non-hydrogen) atoms. The van der Waals surface area contributed by atoms with Crippen LogP contribution in [0.4, 0.5) is 5.69 Å². The van der Waals surface area contributed by atoms with Gasteiger partial charge in [-0.3, -0.25) is 9.79 Å². The second-order valence-electron chi connectivity index (χ2n) is 9.53. The van der Waals surface area contributed by atoms with Gasteiger partial charge in [-0.05, 0) is 47.4 Å². The van der Waals surface area contributed by atoms with Crippen LogP contribution in [-0.2, 0) is 11.2 Å². The van der Waals surface area contributed by atoms with Crippen LogP contribution in [0.25, 0.3) is 10.8 Å². The number of nitrogens with one attached hydrogen (secondary N) is 1. The minimum atomic E-state index is -0.101. The summed E-state index contributed by atoms with van der Waals surface area (Å²) in [4.78, 5) is 21.4. The van der Waals surface area contributed by atoms with E-state index in [1.165, 1.54) is 16.3 Å². The van der Waals surface area contributed by atoms with Crippen LogP contribution >= 0.6 is 11.6 Å². The quantitative estimate of drug-likeness (QED) is 0.538. The average Bonchev–Trinajstić information content (AvgIpc) is 2.94. The van der Waals surface area contributed by atoms with E-state index >= 15 is 0 Å². The van der Waals surface area contributed by atoms with Crippen LogP contribution in [0.5, 0.6) is 0 Å². The third kappa shape index (κ3) is 4.92. The van der Waals surface area contributed by atoms with E-state index in [0.29, 0.717) is 5.02 Å². The fourth-order valence-corrected chi connectivity index (χ4v) is 5.35. The summed E-state index contributed by atoms with van der Waals surface area (Å²) >= 11 is 6.46. The number of carbonyl (C=O) groups is 1. The van der Waals surface area contributed by atoms with Gasteiger partial charge in [0.05, 0.1) is 11.7 Å². The number of likely N-dealkylation sites (N-methyl/N-ethyl adjacent to an activating group) is 1. The molecule has 1 fully saturated rings. The average molecular weight is 487 g/mol. The number of carbonyl (C=O) groups excluding carboxylic acids is 1. The van der Waals surface area contributed by atoms with Crippen molar-refractivity contribution in [3.05, 3.63) is 89.1 Å². The van der Waals surface area contributed by atoms with E-state index in [4.69, 9.17) is 16.6 Å². The van der Waals surface area contributed by atoms with Crippen molar-refractivity contribution in [1.29, 1.82) is 0 Å². The number of amidine groups is 1. The normalized spacial score (nSPS) is 18.8. The second kappa shape index (κ2) is 9.74. The maximum absolute atomic E-state index is 11.5. The highest BCUT2D eigenvalue weighted by Crippen LogP contribution is 2.34. The van der Waals surface area contributed by atoms with Gasteiger partial charge in [-0.2, -0.15) is 0 Å². The van der Waals surface area contributed by atoms with Gasteiger partial charge in [0, 0.05) is 55.8 Å². The first-order valence-corrected chi connectivity index (χ1v) is 12.6. The number of anilines is 1. The lowest BCUT2D eigenvalue weighted by molar-refractivity contribution is -0.119. The number of nitrogens with zero attached hydrogens (tertiary/aromatic N) is 3. The van der Waals surface area contributed by atoms with Gasteiger partial charge < -0.3 is 15.1 Å². The number of piperidine rings is 1. The first-order chi connectivity index (χ1) is 16.9. The summed E-state index contributed by atoms with van der Waals surface area (Å²) in [6.07, 6.45) is 2.54. The van der Waals surface area contributed by atoms with E-state index in [0.717, 1.165) is 55.1 Å². The summed E-state index contributed by atoms with van der Waals surface area (Å²) in [6.45, 7) is 7.70. The molecule has 5 nitrogen and oxygen atoms in total. The Morgan fingerprint density at radius 1 is 1.09 bits per heavy atom. The third-order valence-electron chi connectivity index (χ3n) is 7.10. The highest BCUT2D eigenvalue weighted by molar-refractivity contribution is 6.31. The zero-order chi connectivity index (χ0) is 24.5. The molecule has 0 spiro atoms. The number of hydrogen-bond donors (Lipinski definition) is 1. The number of likely N-dealkylation sites (tertiary alicyclic amines) is 1. The smallest absolute Gasteiger partial charge is 0.217 e. The van der Waals surface area contributed by atoms with Gasteiger partial charge in [-0.1, -0.05) is 60.6 Å². The largest absolute Gasteiger partial charge is 0.356 e. The van der Waals surface area contributed by atoms with Crippen LogP contribution in [0.3, 0.4) is 0 Å². The van der Waals surface area contributed by atoms with Gasteiger partial charge in [0.15, 0.2) is 0 Å². The van der Waals surface area contributed by atoms with Crippen molar-refractivity contribution in [2.45, 2.75) is 38.3 Å². The number of rotatable bonds is 3. The van der Waals surface area contributed by atoms with E-state index in [1.54, 1.807) is 6.92 Å². The van der Waals surface area contributed by atoms with E-state index in [1.807, 2.05) is 12.1 Å². The minimum Gasteiger partial charge on any atom is -0.356 e. The maximum Gasteiger partial charge on any atom is 0.217 e. The van der Waals surface area contributed by atoms with Crippen molar-refractivity contribution >= 4 is 39.8 Å². The Kier molecular flexibility index (Phi) is 6.52.